The number of carbonyl (C=O) groups excluding carboxylic acids is 1. The van der Waals surface area contributed by atoms with E-state index in [1.807, 2.05) is 0 Å². The maximum absolute atomic E-state index is 12.3. The average Bonchev–Trinajstić information content (AvgIpc) is 3.07. The van der Waals surface area contributed by atoms with Crippen LogP contribution in [-0.2, 0) is 11.3 Å². The Hall–Kier alpha value is -2.23. The number of thioether (sulfide) groups is 1. The number of nitrogens with zero attached hydrogens (tertiary/aromatic N) is 7. The number of Topliss-reactive ketones (excluding diaryl/α,β-unsaturated/α-hetero) is 1. The molecular weight excluding hydrogens is 304 g/mol. The van der Waals surface area contributed by atoms with Gasteiger partial charge in [-0.25, -0.2) is 9.36 Å². The van der Waals surface area contributed by atoms with Crippen LogP contribution in [0.15, 0.2) is 22.1 Å². The van der Waals surface area contributed by atoms with Crippen LogP contribution in [0.25, 0.3) is 0 Å². The zero-order chi connectivity index (χ0) is 15.3. The molecule has 9 nitrogen and oxygen atoms in total. The second-order valence-electron chi connectivity index (χ2n) is 6.20. The third-order valence-corrected chi connectivity index (χ3v) is 4.78. The highest BCUT2D eigenvalue weighted by atomic mass is 32.2. The molecule has 1 aliphatic carbocycles. The van der Waals surface area contributed by atoms with Crippen LogP contribution in [0.1, 0.15) is 32.5 Å². The van der Waals surface area contributed by atoms with Crippen LogP contribution in [0, 0.1) is 5.41 Å². The molecule has 0 spiro atoms. The summed E-state index contributed by atoms with van der Waals surface area (Å²) in [5.41, 5.74) is 4.20. The van der Waals surface area contributed by atoms with Crippen LogP contribution in [0.5, 0.6) is 0 Å². The first-order chi connectivity index (χ1) is 10.5. The number of ketones is 1. The van der Waals surface area contributed by atoms with Crippen LogP contribution in [-0.4, -0.2) is 40.9 Å². The molecule has 0 bridgehead atoms. The number of tetrazole rings is 1. The van der Waals surface area contributed by atoms with E-state index in [1.54, 1.807) is 9.36 Å². The monoisotopic (exact) mass is 318 g/mol. The SMILES string of the molecule is CC1(C)CC(=O)C2=C(C1)Nn1c(Cn3cnnn3)nnc1S2. The number of carbonyl (C=O) groups is 1. The molecule has 0 saturated carbocycles. The minimum atomic E-state index is -0.0367. The van der Waals surface area contributed by atoms with E-state index in [-0.39, 0.29) is 11.2 Å². The first-order valence-corrected chi connectivity index (χ1v) is 7.70. The molecule has 1 aliphatic heterocycles. The highest BCUT2D eigenvalue weighted by Gasteiger charge is 2.37. The van der Waals surface area contributed by atoms with E-state index in [4.69, 9.17) is 0 Å². The van der Waals surface area contributed by atoms with Gasteiger partial charge >= 0.3 is 0 Å². The summed E-state index contributed by atoms with van der Waals surface area (Å²) >= 11 is 1.38. The molecule has 0 fully saturated rings. The van der Waals surface area contributed by atoms with Gasteiger partial charge in [0.15, 0.2) is 11.6 Å². The number of nitrogens with one attached hydrogen (secondary N) is 1. The van der Waals surface area contributed by atoms with Gasteiger partial charge in [-0.05, 0) is 34.0 Å². The average molecular weight is 318 g/mol. The molecule has 0 unspecified atom stereocenters. The number of hydrogen-bond donors (Lipinski definition) is 1. The van der Waals surface area contributed by atoms with Crippen molar-refractivity contribution in [3.05, 3.63) is 22.8 Å². The van der Waals surface area contributed by atoms with Crippen molar-refractivity contribution in [1.82, 2.24) is 35.1 Å². The normalized spacial score (nSPS) is 19.6. The summed E-state index contributed by atoms with van der Waals surface area (Å²) in [5, 5.41) is 20.0. The minimum absolute atomic E-state index is 0.0367. The predicted octanol–water partition coefficient (Wildman–Crippen LogP) is 0.563. The van der Waals surface area contributed by atoms with E-state index < -0.39 is 0 Å². The van der Waals surface area contributed by atoms with Crippen molar-refractivity contribution in [3.8, 4) is 0 Å². The van der Waals surface area contributed by atoms with Gasteiger partial charge in [0, 0.05) is 6.42 Å². The molecule has 2 aliphatic rings. The van der Waals surface area contributed by atoms with Crippen molar-refractivity contribution in [1.29, 1.82) is 0 Å². The van der Waals surface area contributed by atoms with E-state index in [9.17, 15) is 4.79 Å². The van der Waals surface area contributed by atoms with Gasteiger partial charge in [0.05, 0.1) is 10.6 Å². The molecule has 0 aromatic carbocycles. The quantitative estimate of drug-likeness (QED) is 0.857. The van der Waals surface area contributed by atoms with E-state index >= 15 is 0 Å². The van der Waals surface area contributed by atoms with Gasteiger partial charge in [-0.3, -0.25) is 10.2 Å². The summed E-state index contributed by atoms with van der Waals surface area (Å²) in [4.78, 5) is 13.1. The maximum atomic E-state index is 12.3. The van der Waals surface area contributed by atoms with E-state index in [0.29, 0.717) is 23.9 Å². The summed E-state index contributed by atoms with van der Waals surface area (Å²) in [6.07, 6.45) is 2.91. The molecule has 2 aromatic heterocycles. The van der Waals surface area contributed by atoms with Crippen LogP contribution in [0.2, 0.25) is 0 Å². The topological polar surface area (TPSA) is 103 Å². The number of allylic oxidation sites excluding steroid dienone is 2. The van der Waals surface area contributed by atoms with Gasteiger partial charge in [0.1, 0.15) is 12.9 Å². The van der Waals surface area contributed by atoms with E-state index in [2.05, 4.69) is 45.0 Å². The Morgan fingerprint density at radius 3 is 3.00 bits per heavy atom. The lowest BCUT2D eigenvalue weighted by Gasteiger charge is -2.34. The number of hydrogen-bond acceptors (Lipinski definition) is 8. The molecule has 2 aromatic rings. The Balaban J connectivity index is 1.66. The first kappa shape index (κ1) is 13.4. The third kappa shape index (κ3) is 2.19. The van der Waals surface area contributed by atoms with E-state index in [0.717, 1.165) is 17.0 Å². The Morgan fingerprint density at radius 2 is 2.23 bits per heavy atom. The summed E-state index contributed by atoms with van der Waals surface area (Å²) in [6, 6.07) is 0. The zero-order valence-corrected chi connectivity index (χ0v) is 13.0. The first-order valence-electron chi connectivity index (χ1n) is 6.88. The Morgan fingerprint density at radius 1 is 1.36 bits per heavy atom. The van der Waals surface area contributed by atoms with Crippen molar-refractivity contribution in [3.63, 3.8) is 0 Å². The molecule has 10 heteroatoms. The highest BCUT2D eigenvalue weighted by molar-refractivity contribution is 8.04. The van der Waals surface area contributed by atoms with Gasteiger partial charge < -0.3 is 0 Å². The fourth-order valence-corrected chi connectivity index (χ4v) is 3.65. The molecule has 0 saturated heterocycles. The Labute approximate surface area is 130 Å². The van der Waals surface area contributed by atoms with Gasteiger partial charge in [0.25, 0.3) is 0 Å². The Kier molecular flexibility index (Phi) is 2.83. The smallest absolute Gasteiger partial charge is 0.215 e. The standard InChI is InChI=1S/C12H14N8OS/c1-12(2)3-7-10(8(21)4-12)22-11-15-14-9(20(11)16-7)5-19-6-13-17-18-19/h6,16H,3-5H2,1-2H3. The summed E-state index contributed by atoms with van der Waals surface area (Å²) in [5.74, 6) is 0.859. The van der Waals surface area contributed by atoms with Crippen molar-refractivity contribution in [2.45, 2.75) is 38.4 Å². The van der Waals surface area contributed by atoms with Crippen molar-refractivity contribution in [2.75, 3.05) is 5.43 Å². The molecule has 114 valence electrons. The lowest BCUT2D eigenvalue weighted by atomic mass is 9.79. The summed E-state index contributed by atoms with van der Waals surface area (Å²) in [7, 11) is 0. The van der Waals surface area contributed by atoms with Gasteiger partial charge in [0.2, 0.25) is 5.16 Å². The van der Waals surface area contributed by atoms with Crippen LogP contribution >= 0.6 is 11.8 Å². The van der Waals surface area contributed by atoms with Crippen LogP contribution < -0.4 is 5.43 Å². The van der Waals surface area contributed by atoms with Crippen LogP contribution in [0.3, 0.4) is 0 Å². The van der Waals surface area contributed by atoms with Gasteiger partial charge in [-0.2, -0.15) is 0 Å². The molecule has 0 amide bonds. The number of aromatic nitrogens is 7. The molecule has 1 N–H and O–H groups in total. The van der Waals surface area contributed by atoms with Gasteiger partial charge in [-0.15, -0.1) is 15.3 Å². The van der Waals surface area contributed by atoms with Crippen molar-refractivity contribution >= 4 is 17.5 Å². The summed E-state index contributed by atoms with van der Waals surface area (Å²) < 4.78 is 3.38. The van der Waals surface area contributed by atoms with Crippen LogP contribution in [0.4, 0.5) is 0 Å². The van der Waals surface area contributed by atoms with Crippen molar-refractivity contribution in [2.24, 2.45) is 5.41 Å². The van der Waals surface area contributed by atoms with E-state index in [1.165, 1.54) is 18.1 Å². The fourth-order valence-electron chi connectivity index (χ4n) is 2.72. The van der Waals surface area contributed by atoms with Crippen molar-refractivity contribution < 1.29 is 4.79 Å². The fraction of sp³-hybridized carbons (Fsp3) is 0.500. The second kappa shape index (κ2) is 4.63. The second-order valence-corrected chi connectivity index (χ2v) is 7.18. The molecule has 0 radical (unpaired) electrons. The molecular formula is C12H14N8OS. The predicted molar refractivity (Wildman–Crippen MR) is 77.2 cm³/mol. The van der Waals surface area contributed by atoms with Gasteiger partial charge in [-0.1, -0.05) is 13.8 Å². The number of fused-ring (bicyclic) bond motifs is 1. The lowest BCUT2D eigenvalue weighted by Crippen LogP contribution is -2.33. The molecule has 4 rings (SSSR count). The third-order valence-electron chi connectivity index (χ3n) is 3.66. The maximum Gasteiger partial charge on any atom is 0.215 e. The highest BCUT2D eigenvalue weighted by Crippen LogP contribution is 2.43. The molecule has 22 heavy (non-hydrogen) atoms. The minimum Gasteiger partial charge on any atom is -0.294 e. The lowest BCUT2D eigenvalue weighted by molar-refractivity contribution is -0.117. The molecule has 3 heterocycles. The zero-order valence-electron chi connectivity index (χ0n) is 12.1. The molecule has 0 atom stereocenters. The largest absolute Gasteiger partial charge is 0.294 e. The summed E-state index contributed by atoms with van der Waals surface area (Å²) in [6.45, 7) is 4.61. The Bertz CT molecular complexity index is 775. The number of rotatable bonds is 2.